The van der Waals surface area contributed by atoms with E-state index in [1.165, 1.54) is 10.9 Å². The fourth-order valence-electron chi connectivity index (χ4n) is 2.70. The van der Waals surface area contributed by atoms with Crippen molar-refractivity contribution in [3.63, 3.8) is 0 Å². The largest absolute Gasteiger partial charge is 0.490 e. The van der Waals surface area contributed by atoms with Crippen LogP contribution in [0.4, 0.5) is 5.82 Å². The van der Waals surface area contributed by atoms with Crippen molar-refractivity contribution in [2.24, 2.45) is 0 Å². The fraction of sp³-hybridized carbons (Fsp3) is 0.500. The second kappa shape index (κ2) is 8.31. The molecular formula is C10H16N5O12P3. The van der Waals surface area contributed by atoms with E-state index in [1.54, 1.807) is 0 Å². The molecule has 3 heterocycles. The highest BCUT2D eigenvalue weighted by molar-refractivity contribution is 7.66. The Kier molecular flexibility index (Phi) is 6.47. The minimum atomic E-state index is -5.69. The van der Waals surface area contributed by atoms with Gasteiger partial charge in [-0.2, -0.15) is 8.62 Å². The molecule has 0 radical (unpaired) electrons. The summed E-state index contributed by atoms with van der Waals surface area (Å²) in [4.78, 5) is 48.0. The molecule has 2 unspecified atom stereocenters. The van der Waals surface area contributed by atoms with Crippen molar-refractivity contribution in [3.05, 3.63) is 12.7 Å². The van der Waals surface area contributed by atoms with Crippen molar-refractivity contribution in [2.75, 3.05) is 12.3 Å². The monoisotopic (exact) mass is 491 g/mol. The van der Waals surface area contributed by atoms with Crippen molar-refractivity contribution in [1.29, 1.82) is 0 Å². The van der Waals surface area contributed by atoms with E-state index in [4.69, 9.17) is 24.8 Å². The third kappa shape index (κ3) is 5.48. The normalized spacial score (nSPS) is 26.5. The third-order valence-corrected chi connectivity index (χ3v) is 7.56. The Bertz CT molecular complexity index is 1070. The van der Waals surface area contributed by atoms with E-state index in [1.807, 2.05) is 0 Å². The lowest BCUT2D eigenvalue weighted by molar-refractivity contribution is -0.0477. The highest BCUT2D eigenvalue weighted by atomic mass is 31.3. The zero-order chi connectivity index (χ0) is 22.3. The topological polar surface area (TPSA) is 259 Å². The molecule has 0 saturated carbocycles. The van der Waals surface area contributed by atoms with Crippen LogP contribution in [0.15, 0.2) is 12.7 Å². The van der Waals surface area contributed by atoms with Gasteiger partial charge in [0.1, 0.15) is 17.9 Å². The van der Waals surface area contributed by atoms with Crippen LogP contribution in [0.5, 0.6) is 0 Å². The van der Waals surface area contributed by atoms with E-state index in [-0.39, 0.29) is 23.4 Å². The van der Waals surface area contributed by atoms with Crippen LogP contribution in [0.2, 0.25) is 0 Å². The Hall–Kier alpha value is -1.32. The van der Waals surface area contributed by atoms with Crippen LogP contribution in [-0.2, 0) is 31.6 Å². The number of fused-ring (bicyclic) bond motifs is 1. The molecule has 2 aromatic rings. The van der Waals surface area contributed by atoms with Crippen molar-refractivity contribution in [2.45, 2.75) is 24.9 Å². The van der Waals surface area contributed by atoms with Crippen LogP contribution in [0.25, 0.3) is 11.2 Å². The first-order chi connectivity index (χ1) is 13.8. The molecule has 3 rings (SSSR count). The quantitative estimate of drug-likeness (QED) is 0.252. The van der Waals surface area contributed by atoms with Crippen molar-refractivity contribution in [1.82, 2.24) is 19.5 Å². The molecule has 0 aliphatic carbocycles. The average Bonchev–Trinajstić information content (AvgIpc) is 3.15. The van der Waals surface area contributed by atoms with E-state index in [0.717, 1.165) is 6.33 Å². The first kappa shape index (κ1) is 23.3. The summed E-state index contributed by atoms with van der Waals surface area (Å²) < 4.78 is 53.4. The van der Waals surface area contributed by atoms with Gasteiger partial charge in [-0.3, -0.25) is 9.09 Å². The van der Waals surface area contributed by atoms with E-state index in [9.17, 15) is 28.6 Å². The summed E-state index contributed by atoms with van der Waals surface area (Å²) in [5, 5.41) is 9.36. The Morgan fingerprint density at radius 3 is 2.47 bits per heavy atom. The number of nitrogens with zero attached hydrogens (tertiary/aromatic N) is 4. The highest BCUT2D eigenvalue weighted by Crippen LogP contribution is 2.67. The summed E-state index contributed by atoms with van der Waals surface area (Å²) in [6.45, 7) is -0.503. The predicted molar refractivity (Wildman–Crippen MR) is 94.1 cm³/mol. The Balaban J connectivity index is 1.85. The highest BCUT2D eigenvalue weighted by Gasteiger charge is 2.46. The van der Waals surface area contributed by atoms with Gasteiger partial charge < -0.3 is 35.2 Å². The molecule has 2 aromatic heterocycles. The van der Waals surface area contributed by atoms with Gasteiger partial charge in [-0.1, -0.05) is 0 Å². The number of anilines is 1. The number of aliphatic hydroxyl groups is 1. The fourth-order valence-corrected chi connectivity index (χ4v) is 5.89. The maximum absolute atomic E-state index is 12.2. The molecule has 1 aliphatic heterocycles. The summed E-state index contributed by atoms with van der Waals surface area (Å²) in [7, 11) is -16.6. The third-order valence-electron chi connectivity index (χ3n) is 3.69. The summed E-state index contributed by atoms with van der Waals surface area (Å²) in [6, 6.07) is 0. The maximum Gasteiger partial charge on any atom is 0.490 e. The molecule has 1 fully saturated rings. The Morgan fingerprint density at radius 2 is 1.83 bits per heavy atom. The molecule has 1 saturated heterocycles. The lowest BCUT2D eigenvalue weighted by atomic mass is 10.2. The van der Waals surface area contributed by atoms with E-state index < -0.39 is 48.5 Å². The molecule has 7 N–H and O–H groups in total. The predicted octanol–water partition coefficient (Wildman–Crippen LogP) is -0.600. The number of phosphoric acid groups is 3. The van der Waals surface area contributed by atoms with Gasteiger partial charge in [0, 0.05) is 6.42 Å². The van der Waals surface area contributed by atoms with Crippen LogP contribution in [0, 0.1) is 0 Å². The van der Waals surface area contributed by atoms with Crippen LogP contribution < -0.4 is 5.73 Å². The number of aromatic nitrogens is 4. The molecule has 0 amide bonds. The van der Waals surface area contributed by atoms with Crippen LogP contribution >= 0.6 is 23.5 Å². The smallest absolute Gasteiger partial charge is 0.394 e. The minimum Gasteiger partial charge on any atom is -0.394 e. The van der Waals surface area contributed by atoms with Crippen molar-refractivity contribution >= 4 is 40.4 Å². The lowest BCUT2D eigenvalue weighted by Crippen LogP contribution is -2.22. The van der Waals surface area contributed by atoms with Crippen LogP contribution in [0.1, 0.15) is 12.6 Å². The molecule has 30 heavy (non-hydrogen) atoms. The lowest BCUT2D eigenvalue weighted by Gasteiger charge is -2.23. The summed E-state index contributed by atoms with van der Waals surface area (Å²) >= 11 is 0. The second-order valence-electron chi connectivity index (χ2n) is 5.88. The van der Waals surface area contributed by atoms with Gasteiger partial charge in [-0.05, 0) is 0 Å². The number of hydrogen-bond donors (Lipinski definition) is 6. The molecule has 5 atom stereocenters. The first-order valence-electron chi connectivity index (χ1n) is 7.82. The molecule has 168 valence electrons. The number of aliphatic hydroxyl groups excluding tert-OH is 1. The molecule has 0 bridgehead atoms. The zero-order valence-corrected chi connectivity index (χ0v) is 17.3. The first-order valence-corrected chi connectivity index (χ1v) is 12.3. The molecule has 17 nitrogen and oxygen atoms in total. The van der Waals surface area contributed by atoms with Crippen molar-refractivity contribution in [3.8, 4) is 0 Å². The number of nitrogens with two attached hydrogens (primary N) is 1. The number of hydrogen-bond acceptors (Lipinski definition) is 12. The number of nitrogen functional groups attached to an aromatic ring is 1. The van der Waals surface area contributed by atoms with Crippen LogP contribution in [0.3, 0.4) is 0 Å². The number of phosphoric ester groups is 1. The Labute approximate surface area is 166 Å². The zero-order valence-electron chi connectivity index (χ0n) is 14.6. The average molecular weight is 491 g/mol. The molecule has 0 spiro atoms. The van der Waals surface area contributed by atoms with Gasteiger partial charge in [0.05, 0.1) is 19.0 Å². The summed E-state index contributed by atoms with van der Waals surface area (Å²) in [6.07, 6.45) is -1.28. The maximum atomic E-state index is 12.2. The van der Waals surface area contributed by atoms with Gasteiger partial charge in [0.2, 0.25) is 0 Å². The molecule has 20 heteroatoms. The summed E-state index contributed by atoms with van der Waals surface area (Å²) in [5.74, 6) is 0.0416. The molecule has 1 aliphatic rings. The van der Waals surface area contributed by atoms with E-state index in [2.05, 4.69) is 23.6 Å². The van der Waals surface area contributed by atoms with Crippen LogP contribution in [-0.4, -0.2) is 63.0 Å². The number of imidazole rings is 1. The number of rotatable bonds is 8. The van der Waals surface area contributed by atoms with Gasteiger partial charge in [-0.15, -0.1) is 0 Å². The molecular weight excluding hydrogens is 475 g/mol. The number of ether oxygens (including phenoxy) is 1. The SMILES string of the molecule is Nc1ncnc2c1ncn2[C@@H]1O[C@H](CO)C[C@H]1OP(=O)(O)OP(=O)(O)OP(=O)(O)O. The van der Waals surface area contributed by atoms with Gasteiger partial charge in [0.15, 0.2) is 17.7 Å². The Morgan fingerprint density at radius 1 is 1.13 bits per heavy atom. The van der Waals surface area contributed by atoms with Gasteiger partial charge >= 0.3 is 23.5 Å². The van der Waals surface area contributed by atoms with Gasteiger partial charge in [-0.25, -0.2) is 28.6 Å². The minimum absolute atomic E-state index is 0.0416. The standard InChI is InChI=1S/C10H16N5O12P3/c11-8-7-9(13-3-12-8)15(4-14-7)10-6(1-5(2-16)24-10)25-29(20,21)27-30(22,23)26-28(17,18)19/h3-6,10,16H,1-2H2,(H,20,21)(H,22,23)(H2,11,12,13)(H2,17,18,19)/t5-,6+,10+/m0/s1. The van der Waals surface area contributed by atoms with E-state index >= 15 is 0 Å². The summed E-state index contributed by atoms with van der Waals surface area (Å²) in [5.41, 5.74) is 6.04. The van der Waals surface area contributed by atoms with E-state index in [0.29, 0.717) is 0 Å². The second-order valence-corrected chi connectivity index (χ2v) is 10.3. The van der Waals surface area contributed by atoms with Crippen molar-refractivity contribution < 1.29 is 56.3 Å². The van der Waals surface area contributed by atoms with Gasteiger partial charge in [0.25, 0.3) is 0 Å². The molecule has 0 aromatic carbocycles.